The molecule has 0 radical (unpaired) electrons. The van der Waals surface area contributed by atoms with Crippen LogP contribution in [0, 0.1) is 0 Å². The number of amidine groups is 1. The van der Waals surface area contributed by atoms with Crippen LogP contribution in [0.4, 0.5) is 0 Å². The van der Waals surface area contributed by atoms with E-state index in [-0.39, 0.29) is 6.04 Å². The zero-order valence-electron chi connectivity index (χ0n) is 15.6. The van der Waals surface area contributed by atoms with Crippen molar-refractivity contribution >= 4 is 5.84 Å². The molecule has 0 bridgehead atoms. The molecule has 1 aliphatic heterocycles. The molecule has 27 heavy (non-hydrogen) atoms. The molecule has 3 aromatic rings. The molecular weight excluding hydrogens is 328 g/mol. The molecule has 2 heteroatoms. The van der Waals surface area contributed by atoms with Gasteiger partial charge in [0.05, 0.1) is 11.9 Å². The van der Waals surface area contributed by atoms with Crippen LogP contribution < -0.4 is 5.32 Å². The molecule has 0 aromatic heterocycles. The Balaban J connectivity index is 1.63. The molecule has 0 amide bonds. The van der Waals surface area contributed by atoms with E-state index in [0.717, 1.165) is 18.8 Å². The van der Waals surface area contributed by atoms with Crippen LogP contribution in [0.15, 0.2) is 89.9 Å². The van der Waals surface area contributed by atoms with Gasteiger partial charge in [0, 0.05) is 13.0 Å². The van der Waals surface area contributed by atoms with Gasteiger partial charge in [-0.2, -0.15) is 0 Å². The number of hydrogen-bond donors (Lipinski definition) is 1. The molecule has 2 nitrogen and oxygen atoms in total. The van der Waals surface area contributed by atoms with Gasteiger partial charge in [0.15, 0.2) is 0 Å². The molecule has 1 heterocycles. The smallest absolute Gasteiger partial charge is 0.0970 e. The summed E-state index contributed by atoms with van der Waals surface area (Å²) in [6.45, 7) is 0.941. The van der Waals surface area contributed by atoms with Crippen molar-refractivity contribution in [3.63, 3.8) is 0 Å². The monoisotopic (exact) mass is 354 g/mol. The van der Waals surface area contributed by atoms with E-state index < -0.39 is 0 Å². The summed E-state index contributed by atoms with van der Waals surface area (Å²) in [5, 5.41) is 3.74. The summed E-state index contributed by atoms with van der Waals surface area (Å²) in [6, 6.07) is 30.3. The van der Waals surface area contributed by atoms with E-state index in [9.17, 15) is 0 Å². The fraction of sp³-hybridized carbons (Fsp3) is 0.240. The maximum absolute atomic E-state index is 4.78. The van der Waals surface area contributed by atoms with Crippen molar-refractivity contribution in [3.8, 4) is 11.1 Å². The molecule has 0 fully saturated rings. The molecule has 0 saturated heterocycles. The molecule has 0 spiro atoms. The molecule has 4 rings (SSSR count). The first-order valence-electron chi connectivity index (χ1n) is 9.90. The highest BCUT2D eigenvalue weighted by molar-refractivity contribution is 5.83. The highest BCUT2D eigenvalue weighted by Crippen LogP contribution is 2.26. The number of aliphatic imine (C=N–C) groups is 1. The molecular formula is C25H26N2. The molecule has 1 aliphatic rings. The minimum absolute atomic E-state index is 0.132. The highest BCUT2D eigenvalue weighted by atomic mass is 15.0. The molecule has 136 valence electrons. The first kappa shape index (κ1) is 17.5. The Morgan fingerprint density at radius 2 is 1.26 bits per heavy atom. The lowest BCUT2D eigenvalue weighted by molar-refractivity contribution is 0.717. The second kappa shape index (κ2) is 8.68. The second-order valence-corrected chi connectivity index (χ2v) is 7.12. The Morgan fingerprint density at radius 1 is 0.630 bits per heavy atom. The van der Waals surface area contributed by atoms with Crippen LogP contribution in [0.25, 0.3) is 11.1 Å². The molecule has 3 aromatic carbocycles. The lowest BCUT2D eigenvalue weighted by atomic mass is 9.96. The Morgan fingerprint density at radius 3 is 2.00 bits per heavy atom. The number of nitrogens with one attached hydrogen (secondary N) is 1. The van der Waals surface area contributed by atoms with Crippen molar-refractivity contribution in [1.29, 1.82) is 0 Å². The maximum Gasteiger partial charge on any atom is 0.0970 e. The number of benzene rings is 3. The summed E-state index contributed by atoms with van der Waals surface area (Å²) < 4.78 is 0. The second-order valence-electron chi connectivity index (χ2n) is 7.12. The van der Waals surface area contributed by atoms with E-state index in [1.165, 1.54) is 41.5 Å². The normalized spacial score (nSPS) is 15.5. The van der Waals surface area contributed by atoms with Crippen LogP contribution in [0.3, 0.4) is 0 Å². The fourth-order valence-electron chi connectivity index (χ4n) is 3.66. The first-order valence-corrected chi connectivity index (χ1v) is 9.90. The third-order valence-electron chi connectivity index (χ3n) is 5.17. The molecule has 0 aliphatic carbocycles. The minimum atomic E-state index is 0.132. The van der Waals surface area contributed by atoms with E-state index in [2.05, 4.69) is 90.2 Å². The summed E-state index contributed by atoms with van der Waals surface area (Å²) in [5.74, 6) is 1.15. The van der Waals surface area contributed by atoms with Gasteiger partial charge < -0.3 is 5.32 Å². The van der Waals surface area contributed by atoms with Crippen molar-refractivity contribution in [3.05, 3.63) is 96.1 Å². The van der Waals surface area contributed by atoms with Crippen LogP contribution in [0.5, 0.6) is 0 Å². The van der Waals surface area contributed by atoms with Gasteiger partial charge >= 0.3 is 0 Å². The molecule has 1 N–H and O–H groups in total. The SMILES string of the molecule is c1ccc(-c2ccc(C(NC3=NCCCCC3)c3ccccc3)cc2)cc1. The lowest BCUT2D eigenvalue weighted by Gasteiger charge is -2.22. The zero-order valence-corrected chi connectivity index (χ0v) is 15.6. The fourth-order valence-corrected chi connectivity index (χ4v) is 3.66. The van der Waals surface area contributed by atoms with Gasteiger partial charge in [0.2, 0.25) is 0 Å². The number of nitrogens with zero attached hydrogens (tertiary/aromatic N) is 1. The van der Waals surface area contributed by atoms with E-state index in [1.807, 2.05) is 0 Å². The van der Waals surface area contributed by atoms with Gasteiger partial charge in [-0.1, -0.05) is 91.3 Å². The van der Waals surface area contributed by atoms with E-state index in [1.54, 1.807) is 0 Å². The summed E-state index contributed by atoms with van der Waals surface area (Å²) in [5.41, 5.74) is 5.05. The summed E-state index contributed by atoms with van der Waals surface area (Å²) in [6.07, 6.45) is 4.75. The van der Waals surface area contributed by atoms with Crippen molar-refractivity contribution in [1.82, 2.24) is 5.32 Å². The van der Waals surface area contributed by atoms with Gasteiger partial charge in [-0.15, -0.1) is 0 Å². The average Bonchev–Trinajstić information content (AvgIpc) is 3.02. The maximum atomic E-state index is 4.78. The Bertz CT molecular complexity index is 867. The van der Waals surface area contributed by atoms with Gasteiger partial charge in [0.25, 0.3) is 0 Å². The average molecular weight is 354 g/mol. The Labute approximate surface area is 162 Å². The Hall–Kier alpha value is -2.87. The predicted molar refractivity (Wildman–Crippen MR) is 114 cm³/mol. The third-order valence-corrected chi connectivity index (χ3v) is 5.17. The van der Waals surface area contributed by atoms with Crippen molar-refractivity contribution in [2.24, 2.45) is 4.99 Å². The summed E-state index contributed by atoms with van der Waals surface area (Å²) in [4.78, 5) is 4.78. The van der Waals surface area contributed by atoms with Crippen LogP contribution in [0.2, 0.25) is 0 Å². The minimum Gasteiger partial charge on any atom is -0.363 e. The molecule has 1 unspecified atom stereocenters. The number of hydrogen-bond acceptors (Lipinski definition) is 2. The lowest BCUT2D eigenvalue weighted by Crippen LogP contribution is -2.29. The van der Waals surface area contributed by atoms with E-state index >= 15 is 0 Å². The quantitative estimate of drug-likeness (QED) is 0.610. The highest BCUT2D eigenvalue weighted by Gasteiger charge is 2.16. The van der Waals surface area contributed by atoms with Gasteiger partial charge in [-0.3, -0.25) is 4.99 Å². The summed E-state index contributed by atoms with van der Waals surface area (Å²) in [7, 11) is 0. The van der Waals surface area contributed by atoms with E-state index in [0.29, 0.717) is 0 Å². The zero-order chi connectivity index (χ0) is 18.3. The molecule has 1 atom stereocenters. The van der Waals surface area contributed by atoms with Crippen LogP contribution in [-0.2, 0) is 0 Å². The van der Waals surface area contributed by atoms with Crippen LogP contribution >= 0.6 is 0 Å². The van der Waals surface area contributed by atoms with Crippen molar-refractivity contribution in [2.45, 2.75) is 31.7 Å². The van der Waals surface area contributed by atoms with Crippen molar-refractivity contribution in [2.75, 3.05) is 6.54 Å². The standard InChI is InChI=1S/C25H26N2/c1-4-10-20(11-5-1)21-15-17-23(18-16-21)25(22-12-6-2-7-13-22)27-24-14-8-3-9-19-26-24/h1-2,4-7,10-13,15-18,25H,3,8-9,14,19H2,(H,26,27). The van der Waals surface area contributed by atoms with E-state index in [4.69, 9.17) is 4.99 Å². The van der Waals surface area contributed by atoms with Gasteiger partial charge in [-0.25, -0.2) is 0 Å². The Kier molecular flexibility index (Phi) is 5.64. The topological polar surface area (TPSA) is 24.4 Å². The van der Waals surface area contributed by atoms with Gasteiger partial charge in [0.1, 0.15) is 0 Å². The number of rotatable bonds is 4. The summed E-state index contributed by atoms with van der Waals surface area (Å²) >= 11 is 0. The van der Waals surface area contributed by atoms with Crippen LogP contribution in [-0.4, -0.2) is 12.4 Å². The van der Waals surface area contributed by atoms with Gasteiger partial charge in [-0.05, 0) is 35.1 Å². The first-order chi connectivity index (χ1) is 13.4. The predicted octanol–water partition coefficient (Wildman–Crippen LogP) is 6.01. The molecule has 0 saturated carbocycles. The van der Waals surface area contributed by atoms with Crippen LogP contribution in [0.1, 0.15) is 42.9 Å². The third kappa shape index (κ3) is 4.46. The van der Waals surface area contributed by atoms with Crippen molar-refractivity contribution < 1.29 is 0 Å². The largest absolute Gasteiger partial charge is 0.363 e.